The van der Waals surface area contributed by atoms with Crippen molar-refractivity contribution < 1.29 is 4.79 Å². The predicted molar refractivity (Wildman–Crippen MR) is 72.4 cm³/mol. The Kier molecular flexibility index (Phi) is 4.57. The van der Waals surface area contributed by atoms with Crippen molar-refractivity contribution in [2.45, 2.75) is 30.4 Å². The van der Waals surface area contributed by atoms with Crippen molar-refractivity contribution in [3.8, 4) is 0 Å². The predicted octanol–water partition coefficient (Wildman–Crippen LogP) is 2.58. The molecule has 1 rings (SSSR count). The Hall–Kier alpha value is -1.49. The van der Waals surface area contributed by atoms with Crippen LogP contribution >= 0.6 is 11.8 Å². The van der Waals surface area contributed by atoms with E-state index in [-0.39, 0.29) is 4.75 Å². The lowest BCUT2D eigenvalue weighted by atomic mass is 10.2. The third-order valence-corrected chi connectivity index (χ3v) is 2.81. The van der Waals surface area contributed by atoms with Crippen LogP contribution in [0.1, 0.15) is 26.3 Å². The number of carbonyl (C=O) groups is 1. The number of thioether (sulfide) groups is 1. The molecule has 0 saturated heterocycles. The van der Waals surface area contributed by atoms with Crippen molar-refractivity contribution in [3.63, 3.8) is 0 Å². The van der Waals surface area contributed by atoms with E-state index in [2.05, 4.69) is 31.3 Å². The average molecular weight is 251 g/mol. The molecule has 0 fully saturated rings. The lowest BCUT2D eigenvalue weighted by Gasteiger charge is -2.17. The molecule has 5 heteroatoms. The van der Waals surface area contributed by atoms with Crippen LogP contribution in [0.3, 0.4) is 0 Å². The van der Waals surface area contributed by atoms with E-state index in [0.717, 1.165) is 5.56 Å². The molecule has 17 heavy (non-hydrogen) atoms. The molecule has 0 aliphatic carbocycles. The van der Waals surface area contributed by atoms with Crippen LogP contribution in [0.4, 0.5) is 4.79 Å². The van der Waals surface area contributed by atoms with Crippen molar-refractivity contribution in [2.24, 2.45) is 10.8 Å². The highest BCUT2D eigenvalue weighted by Gasteiger charge is 2.11. The Labute approximate surface area is 106 Å². The summed E-state index contributed by atoms with van der Waals surface area (Å²) in [6.07, 6.45) is 1.55. The van der Waals surface area contributed by atoms with E-state index in [1.54, 1.807) is 18.0 Å². The van der Waals surface area contributed by atoms with Gasteiger partial charge in [0.2, 0.25) is 0 Å². The maximum atomic E-state index is 10.4. The van der Waals surface area contributed by atoms with Crippen LogP contribution < -0.4 is 11.2 Å². The van der Waals surface area contributed by atoms with Gasteiger partial charge in [-0.05, 0) is 17.7 Å². The van der Waals surface area contributed by atoms with Gasteiger partial charge in [0.15, 0.2) is 0 Å². The second-order valence-electron chi connectivity index (χ2n) is 4.52. The number of nitrogens with zero attached hydrogens (tertiary/aromatic N) is 1. The molecule has 0 unspecified atom stereocenters. The van der Waals surface area contributed by atoms with E-state index < -0.39 is 6.03 Å². The van der Waals surface area contributed by atoms with E-state index >= 15 is 0 Å². The molecule has 4 nitrogen and oxygen atoms in total. The van der Waals surface area contributed by atoms with Crippen LogP contribution in [0.2, 0.25) is 0 Å². The fourth-order valence-corrected chi connectivity index (χ4v) is 2.13. The van der Waals surface area contributed by atoms with Crippen molar-refractivity contribution >= 4 is 24.0 Å². The van der Waals surface area contributed by atoms with E-state index in [1.165, 1.54) is 4.90 Å². The van der Waals surface area contributed by atoms with Gasteiger partial charge in [-0.15, -0.1) is 11.8 Å². The van der Waals surface area contributed by atoms with E-state index in [9.17, 15) is 4.79 Å². The van der Waals surface area contributed by atoms with E-state index in [0.29, 0.717) is 0 Å². The zero-order chi connectivity index (χ0) is 12.9. The number of rotatable bonds is 3. The normalized spacial score (nSPS) is 11.7. The van der Waals surface area contributed by atoms with Crippen molar-refractivity contribution in [2.75, 3.05) is 0 Å². The van der Waals surface area contributed by atoms with Gasteiger partial charge in [-0.25, -0.2) is 10.2 Å². The van der Waals surface area contributed by atoms with Crippen LogP contribution in [-0.4, -0.2) is 17.0 Å². The van der Waals surface area contributed by atoms with Gasteiger partial charge in [-0.1, -0.05) is 32.9 Å². The molecule has 0 atom stereocenters. The molecule has 0 aromatic heterocycles. The molecule has 1 aromatic rings. The highest BCUT2D eigenvalue weighted by molar-refractivity contribution is 8.00. The van der Waals surface area contributed by atoms with Gasteiger partial charge in [0.1, 0.15) is 0 Å². The summed E-state index contributed by atoms with van der Waals surface area (Å²) in [5.74, 6) is 0. The zero-order valence-corrected chi connectivity index (χ0v) is 11.0. The minimum atomic E-state index is -0.666. The van der Waals surface area contributed by atoms with Crippen molar-refractivity contribution in [1.29, 1.82) is 0 Å². The largest absolute Gasteiger partial charge is 0.350 e. The first-order valence-electron chi connectivity index (χ1n) is 5.24. The summed E-state index contributed by atoms with van der Waals surface area (Å²) in [5, 5.41) is 3.69. The molecule has 0 bridgehead atoms. The van der Waals surface area contributed by atoms with Crippen molar-refractivity contribution in [3.05, 3.63) is 29.8 Å². The van der Waals surface area contributed by atoms with Crippen molar-refractivity contribution in [1.82, 2.24) is 5.43 Å². The molecular weight excluding hydrogens is 234 g/mol. The standard InChI is InChI=1S/C12H17N3OS/c1-12(2,3)17-10-6-4-9(5-7-10)8-14-15-11(13)16/h4-8H,1-3H3,(H3,13,15,16). The number of hydrogen-bond donors (Lipinski definition) is 2. The molecular formula is C12H17N3OS. The number of urea groups is 1. The molecule has 0 aliphatic rings. The Bertz CT molecular complexity index is 407. The van der Waals surface area contributed by atoms with E-state index in [4.69, 9.17) is 5.73 Å². The summed E-state index contributed by atoms with van der Waals surface area (Å²) in [5.41, 5.74) is 7.95. The third kappa shape index (κ3) is 5.97. The SMILES string of the molecule is CC(C)(C)Sc1ccc(C=NNC(N)=O)cc1. The van der Waals surface area contributed by atoms with Gasteiger partial charge in [-0.2, -0.15) is 5.10 Å². The number of carbonyl (C=O) groups excluding carboxylic acids is 1. The summed E-state index contributed by atoms with van der Waals surface area (Å²) in [4.78, 5) is 11.6. The highest BCUT2D eigenvalue weighted by Crippen LogP contribution is 2.31. The summed E-state index contributed by atoms with van der Waals surface area (Å²) in [6, 6.07) is 7.28. The summed E-state index contributed by atoms with van der Waals surface area (Å²) < 4.78 is 0.198. The highest BCUT2D eigenvalue weighted by atomic mass is 32.2. The molecule has 0 saturated carbocycles. The van der Waals surface area contributed by atoms with Crippen LogP contribution in [0, 0.1) is 0 Å². The number of amides is 2. The van der Waals surface area contributed by atoms with Crippen LogP contribution in [0.25, 0.3) is 0 Å². The third-order valence-electron chi connectivity index (χ3n) is 1.69. The molecule has 0 spiro atoms. The zero-order valence-electron chi connectivity index (χ0n) is 10.2. The number of nitrogens with one attached hydrogen (secondary N) is 1. The summed E-state index contributed by atoms with van der Waals surface area (Å²) in [6.45, 7) is 6.51. The lowest BCUT2D eigenvalue weighted by molar-refractivity contribution is 0.249. The van der Waals surface area contributed by atoms with Gasteiger partial charge in [0, 0.05) is 9.64 Å². The van der Waals surface area contributed by atoms with Gasteiger partial charge in [0.25, 0.3) is 0 Å². The smallest absolute Gasteiger partial charge is 0.332 e. The molecule has 0 radical (unpaired) electrons. The van der Waals surface area contributed by atoms with Gasteiger partial charge >= 0.3 is 6.03 Å². The van der Waals surface area contributed by atoms with Crippen LogP contribution in [0.5, 0.6) is 0 Å². The number of primary amides is 1. The van der Waals surface area contributed by atoms with Crippen LogP contribution in [0.15, 0.2) is 34.3 Å². The first-order chi connectivity index (χ1) is 7.87. The number of hydrazone groups is 1. The lowest BCUT2D eigenvalue weighted by Crippen LogP contribution is -2.24. The maximum absolute atomic E-state index is 10.4. The Morgan fingerprint density at radius 1 is 1.35 bits per heavy atom. The Balaban J connectivity index is 2.62. The quantitative estimate of drug-likeness (QED) is 0.492. The molecule has 0 heterocycles. The Morgan fingerprint density at radius 2 is 1.94 bits per heavy atom. The number of nitrogens with two attached hydrogens (primary N) is 1. The molecule has 2 amide bonds. The fraction of sp³-hybridized carbons (Fsp3) is 0.333. The molecule has 1 aromatic carbocycles. The van der Waals surface area contributed by atoms with Gasteiger partial charge in [0.05, 0.1) is 6.21 Å². The van der Waals surface area contributed by atoms with Gasteiger partial charge < -0.3 is 5.73 Å². The summed E-state index contributed by atoms with van der Waals surface area (Å²) in [7, 11) is 0. The summed E-state index contributed by atoms with van der Waals surface area (Å²) >= 11 is 1.80. The topological polar surface area (TPSA) is 67.5 Å². The molecule has 3 N–H and O–H groups in total. The second kappa shape index (κ2) is 5.72. The second-order valence-corrected chi connectivity index (χ2v) is 6.42. The molecule has 0 aliphatic heterocycles. The van der Waals surface area contributed by atoms with E-state index in [1.807, 2.05) is 24.3 Å². The number of benzene rings is 1. The monoisotopic (exact) mass is 251 g/mol. The molecule has 92 valence electrons. The van der Waals surface area contributed by atoms with Crippen LogP contribution in [-0.2, 0) is 0 Å². The minimum absolute atomic E-state index is 0.198. The minimum Gasteiger partial charge on any atom is -0.350 e. The Morgan fingerprint density at radius 3 is 2.41 bits per heavy atom. The van der Waals surface area contributed by atoms with Gasteiger partial charge in [-0.3, -0.25) is 0 Å². The maximum Gasteiger partial charge on any atom is 0.332 e. The first kappa shape index (κ1) is 13.6. The fourth-order valence-electron chi connectivity index (χ4n) is 1.15. The average Bonchev–Trinajstić information content (AvgIpc) is 2.18. The number of hydrogen-bond acceptors (Lipinski definition) is 3. The first-order valence-corrected chi connectivity index (χ1v) is 6.06.